The molecule has 0 spiro atoms. The molecule has 0 unspecified atom stereocenters. The normalized spacial score (nSPS) is 10.1. The van der Waals surface area contributed by atoms with Gasteiger partial charge >= 0.3 is 0 Å². The average Bonchev–Trinajstić information content (AvgIpc) is 3.30. The Morgan fingerprint density at radius 3 is 2.58 bits per heavy atom. The molecular formula is C22H21N3O4S2. The Morgan fingerprint density at radius 1 is 1.03 bits per heavy atom. The van der Waals surface area contributed by atoms with Gasteiger partial charge in [0.25, 0.3) is 11.8 Å². The predicted molar refractivity (Wildman–Crippen MR) is 127 cm³/mol. The van der Waals surface area contributed by atoms with E-state index in [1.54, 1.807) is 48.5 Å². The van der Waals surface area contributed by atoms with Crippen molar-refractivity contribution >= 4 is 51.9 Å². The molecule has 0 aliphatic carbocycles. The topological polar surface area (TPSA) is 88.7 Å². The Morgan fingerprint density at radius 2 is 1.87 bits per heavy atom. The fraction of sp³-hybridized carbons (Fsp3) is 0.136. The van der Waals surface area contributed by atoms with Gasteiger partial charge in [0.15, 0.2) is 5.11 Å². The molecule has 3 aromatic rings. The number of hydrogen-bond acceptors (Lipinski definition) is 6. The van der Waals surface area contributed by atoms with E-state index < -0.39 is 0 Å². The highest BCUT2D eigenvalue weighted by molar-refractivity contribution is 7.80. The number of nitrogens with one attached hydrogen (secondary N) is 3. The van der Waals surface area contributed by atoms with Crippen LogP contribution in [-0.4, -0.2) is 30.6 Å². The van der Waals surface area contributed by atoms with E-state index in [9.17, 15) is 9.59 Å². The Hall–Kier alpha value is -3.43. The molecule has 2 aromatic carbocycles. The van der Waals surface area contributed by atoms with Crippen molar-refractivity contribution in [2.45, 2.75) is 6.92 Å². The van der Waals surface area contributed by atoms with Gasteiger partial charge in [-0.3, -0.25) is 14.9 Å². The number of thiocarbonyl (C=S) groups is 1. The summed E-state index contributed by atoms with van der Waals surface area (Å²) in [6.07, 6.45) is 0. The molecule has 0 saturated heterocycles. The Balaban J connectivity index is 1.64. The second kappa shape index (κ2) is 10.6. The maximum atomic E-state index is 12.4. The molecule has 7 nitrogen and oxygen atoms in total. The smallest absolute Gasteiger partial charge is 0.265 e. The van der Waals surface area contributed by atoms with Crippen LogP contribution in [0.4, 0.5) is 11.4 Å². The Labute approximate surface area is 189 Å². The second-order valence-electron chi connectivity index (χ2n) is 6.22. The zero-order chi connectivity index (χ0) is 22.2. The van der Waals surface area contributed by atoms with E-state index in [1.165, 1.54) is 18.4 Å². The van der Waals surface area contributed by atoms with E-state index in [4.69, 9.17) is 21.7 Å². The van der Waals surface area contributed by atoms with Crippen LogP contribution < -0.4 is 25.4 Å². The van der Waals surface area contributed by atoms with Crippen LogP contribution in [0.25, 0.3) is 0 Å². The minimum atomic E-state index is -0.356. The number of rotatable bonds is 7. The Kier molecular flexibility index (Phi) is 7.58. The fourth-order valence-corrected chi connectivity index (χ4v) is 3.52. The summed E-state index contributed by atoms with van der Waals surface area (Å²) in [5.74, 6) is 0.490. The summed E-state index contributed by atoms with van der Waals surface area (Å²) in [7, 11) is 1.51. The van der Waals surface area contributed by atoms with Gasteiger partial charge in [-0.25, -0.2) is 0 Å². The fourth-order valence-electron chi connectivity index (χ4n) is 2.70. The van der Waals surface area contributed by atoms with Crippen LogP contribution >= 0.6 is 23.6 Å². The van der Waals surface area contributed by atoms with Gasteiger partial charge in [-0.2, -0.15) is 0 Å². The molecule has 9 heteroatoms. The predicted octanol–water partition coefficient (Wildman–Crippen LogP) is 4.53. The molecule has 1 aromatic heterocycles. The highest BCUT2D eigenvalue weighted by atomic mass is 32.1. The van der Waals surface area contributed by atoms with E-state index >= 15 is 0 Å². The van der Waals surface area contributed by atoms with E-state index in [2.05, 4.69) is 16.0 Å². The molecular weight excluding hydrogens is 434 g/mol. The molecule has 3 N–H and O–H groups in total. The summed E-state index contributed by atoms with van der Waals surface area (Å²) in [5.41, 5.74) is 1.55. The lowest BCUT2D eigenvalue weighted by Gasteiger charge is -2.14. The van der Waals surface area contributed by atoms with Gasteiger partial charge in [-0.1, -0.05) is 12.1 Å². The summed E-state index contributed by atoms with van der Waals surface area (Å²) in [4.78, 5) is 25.3. The van der Waals surface area contributed by atoms with Crippen LogP contribution in [0, 0.1) is 0 Å². The molecule has 0 aliphatic heterocycles. The first-order valence-electron chi connectivity index (χ1n) is 9.38. The van der Waals surface area contributed by atoms with Gasteiger partial charge in [-0.05, 0) is 60.9 Å². The van der Waals surface area contributed by atoms with Crippen molar-refractivity contribution in [2.24, 2.45) is 0 Å². The van der Waals surface area contributed by atoms with E-state index in [1.807, 2.05) is 18.4 Å². The summed E-state index contributed by atoms with van der Waals surface area (Å²) in [6, 6.07) is 15.5. The lowest BCUT2D eigenvalue weighted by atomic mass is 10.2. The van der Waals surface area contributed by atoms with Crippen molar-refractivity contribution in [3.05, 3.63) is 70.4 Å². The third-order valence-electron chi connectivity index (χ3n) is 4.09. The monoisotopic (exact) mass is 455 g/mol. The quantitative estimate of drug-likeness (QED) is 0.454. The minimum absolute atomic E-state index is 0.129. The molecule has 160 valence electrons. The first-order chi connectivity index (χ1) is 15.0. The first kappa shape index (κ1) is 22.3. The number of carbonyl (C=O) groups is 2. The number of hydrogen-bond donors (Lipinski definition) is 3. The summed E-state index contributed by atoms with van der Waals surface area (Å²) < 4.78 is 10.8. The van der Waals surface area contributed by atoms with Crippen molar-refractivity contribution in [1.29, 1.82) is 0 Å². The van der Waals surface area contributed by atoms with Gasteiger partial charge in [0.2, 0.25) is 0 Å². The second-order valence-corrected chi connectivity index (χ2v) is 7.57. The molecule has 0 bridgehead atoms. The molecule has 0 fully saturated rings. The number of ether oxygens (including phenoxy) is 2. The van der Waals surface area contributed by atoms with Gasteiger partial charge in [-0.15, -0.1) is 11.3 Å². The van der Waals surface area contributed by atoms with Crippen molar-refractivity contribution < 1.29 is 19.1 Å². The number of amides is 2. The SMILES string of the molecule is CCOc1cccc(C(=O)NC(=S)Nc2ccc(NC(=O)c3cccs3)c(OC)c2)c1. The highest BCUT2D eigenvalue weighted by Gasteiger charge is 2.13. The lowest BCUT2D eigenvalue weighted by Crippen LogP contribution is -2.34. The van der Waals surface area contributed by atoms with Gasteiger partial charge < -0.3 is 20.1 Å². The summed E-state index contributed by atoms with van der Waals surface area (Å²) in [5, 5.41) is 10.4. The number of benzene rings is 2. The largest absolute Gasteiger partial charge is 0.494 e. The number of anilines is 2. The van der Waals surface area contributed by atoms with E-state index in [0.717, 1.165) is 0 Å². The van der Waals surface area contributed by atoms with Crippen LogP contribution in [0.3, 0.4) is 0 Å². The first-order valence-corrected chi connectivity index (χ1v) is 10.7. The van der Waals surface area contributed by atoms with Crippen LogP contribution in [0.15, 0.2) is 60.0 Å². The molecule has 3 rings (SSSR count). The maximum Gasteiger partial charge on any atom is 0.265 e. The lowest BCUT2D eigenvalue weighted by molar-refractivity contribution is 0.0976. The number of methoxy groups -OCH3 is 1. The van der Waals surface area contributed by atoms with Gasteiger partial charge in [0.05, 0.1) is 24.3 Å². The van der Waals surface area contributed by atoms with Crippen molar-refractivity contribution in [3.63, 3.8) is 0 Å². The van der Waals surface area contributed by atoms with Crippen LogP contribution in [0.1, 0.15) is 27.0 Å². The standard InChI is InChI=1S/C22H21N3O4S2/c1-3-29-16-7-4-6-14(12-16)20(26)25-22(30)23-15-9-10-17(18(13-15)28-2)24-21(27)19-8-5-11-31-19/h4-13H,3H2,1-2H3,(H,24,27)(H2,23,25,26,30). The summed E-state index contributed by atoms with van der Waals surface area (Å²) >= 11 is 6.60. The zero-order valence-electron chi connectivity index (χ0n) is 16.9. The van der Waals surface area contributed by atoms with Crippen molar-refractivity contribution in [1.82, 2.24) is 5.32 Å². The van der Waals surface area contributed by atoms with E-state index in [0.29, 0.717) is 39.9 Å². The van der Waals surface area contributed by atoms with Gasteiger partial charge in [0, 0.05) is 17.3 Å². The molecule has 0 aliphatic rings. The molecule has 0 atom stereocenters. The third kappa shape index (κ3) is 6.03. The molecule has 0 saturated carbocycles. The molecule has 2 amide bonds. The molecule has 31 heavy (non-hydrogen) atoms. The number of thiophene rings is 1. The minimum Gasteiger partial charge on any atom is -0.494 e. The highest BCUT2D eigenvalue weighted by Crippen LogP contribution is 2.28. The molecule has 0 radical (unpaired) electrons. The summed E-state index contributed by atoms with van der Waals surface area (Å²) in [6.45, 7) is 2.38. The number of carbonyl (C=O) groups excluding carboxylic acids is 2. The molecule has 1 heterocycles. The average molecular weight is 456 g/mol. The van der Waals surface area contributed by atoms with Crippen LogP contribution in [-0.2, 0) is 0 Å². The van der Waals surface area contributed by atoms with Crippen molar-refractivity contribution in [2.75, 3.05) is 24.4 Å². The Bertz CT molecular complexity index is 1080. The third-order valence-corrected chi connectivity index (χ3v) is 5.16. The van der Waals surface area contributed by atoms with E-state index in [-0.39, 0.29) is 16.9 Å². The van der Waals surface area contributed by atoms with Gasteiger partial charge in [0.1, 0.15) is 11.5 Å². The van der Waals surface area contributed by atoms with Crippen LogP contribution in [0.5, 0.6) is 11.5 Å². The maximum absolute atomic E-state index is 12.4. The van der Waals surface area contributed by atoms with Crippen molar-refractivity contribution in [3.8, 4) is 11.5 Å². The van der Waals surface area contributed by atoms with Crippen LogP contribution in [0.2, 0.25) is 0 Å². The zero-order valence-corrected chi connectivity index (χ0v) is 18.6.